The highest BCUT2D eigenvalue weighted by atomic mass is 16.5. The molecule has 0 aromatic carbocycles. The number of nitrogens with zero attached hydrogens (tertiary/aromatic N) is 4. The summed E-state index contributed by atoms with van der Waals surface area (Å²) in [6.07, 6.45) is 8.88. The van der Waals surface area contributed by atoms with Gasteiger partial charge in [-0.3, -0.25) is 4.79 Å². The fourth-order valence-corrected chi connectivity index (χ4v) is 4.98. The van der Waals surface area contributed by atoms with Gasteiger partial charge in [-0.1, -0.05) is 0 Å². The number of fused-ring (bicyclic) bond motifs is 1. The normalized spacial score (nSPS) is 24.4. The Morgan fingerprint density at radius 3 is 2.61 bits per heavy atom. The summed E-state index contributed by atoms with van der Waals surface area (Å²) >= 11 is 0. The first-order valence-corrected chi connectivity index (χ1v) is 11.5. The molecule has 2 aromatic heterocycles. The monoisotopic (exact) mass is 429 g/mol. The van der Waals surface area contributed by atoms with Gasteiger partial charge in [0.2, 0.25) is 5.95 Å². The number of piperidine rings is 1. The van der Waals surface area contributed by atoms with Gasteiger partial charge < -0.3 is 24.6 Å². The number of hydrogen-bond acceptors (Lipinski definition) is 7. The molecule has 2 fully saturated rings. The summed E-state index contributed by atoms with van der Waals surface area (Å²) in [6.45, 7) is 4.55. The van der Waals surface area contributed by atoms with Crippen molar-refractivity contribution in [3.8, 4) is 0 Å². The molecule has 170 valence electrons. The maximum atomic E-state index is 13.4. The van der Waals surface area contributed by atoms with Crippen LogP contribution in [0.1, 0.15) is 63.0 Å². The molecule has 4 rings (SSSR count). The van der Waals surface area contributed by atoms with E-state index in [1.165, 1.54) is 0 Å². The highest BCUT2D eigenvalue weighted by Crippen LogP contribution is 2.36. The highest BCUT2D eigenvalue weighted by Gasteiger charge is 2.27. The van der Waals surface area contributed by atoms with E-state index in [1.807, 2.05) is 11.5 Å². The Morgan fingerprint density at radius 2 is 1.94 bits per heavy atom. The predicted octanol–water partition coefficient (Wildman–Crippen LogP) is 2.52. The molecule has 0 bridgehead atoms. The molecule has 1 atom stereocenters. The SMILES string of the molecule is COCC(C)Nc1ncc2c(=O)n(C3CCN(C)CC3)cc([C@H]3CC[C@H](O)CC3)c2n1. The van der Waals surface area contributed by atoms with Crippen LogP contribution in [0.5, 0.6) is 0 Å². The molecular weight excluding hydrogens is 394 g/mol. The van der Waals surface area contributed by atoms with Crippen molar-refractivity contribution in [2.24, 2.45) is 0 Å². The number of aliphatic hydroxyl groups is 1. The van der Waals surface area contributed by atoms with E-state index in [2.05, 4.69) is 28.4 Å². The van der Waals surface area contributed by atoms with Crippen LogP contribution in [0.25, 0.3) is 10.9 Å². The standard InChI is InChI=1S/C23H35N5O3/c1-15(14-31-3)25-23-24-12-19-21(26-23)20(16-4-6-18(29)7-5-16)13-28(22(19)30)17-8-10-27(2)11-9-17/h12-13,15-18,29H,4-11,14H2,1-3H3,(H,24,25,26)/t15?,16-,18-. The molecule has 1 unspecified atom stereocenters. The lowest BCUT2D eigenvalue weighted by Crippen LogP contribution is -2.36. The lowest BCUT2D eigenvalue weighted by Gasteiger charge is -2.32. The smallest absolute Gasteiger partial charge is 0.261 e. The maximum Gasteiger partial charge on any atom is 0.261 e. The number of hydrogen-bond donors (Lipinski definition) is 2. The van der Waals surface area contributed by atoms with Crippen LogP contribution in [0, 0.1) is 0 Å². The first-order chi connectivity index (χ1) is 15.0. The number of likely N-dealkylation sites (tertiary alicyclic amines) is 1. The second-order valence-corrected chi connectivity index (χ2v) is 9.29. The lowest BCUT2D eigenvalue weighted by molar-refractivity contribution is 0.122. The summed E-state index contributed by atoms with van der Waals surface area (Å²) in [4.78, 5) is 25.0. The fraction of sp³-hybridized carbons (Fsp3) is 0.696. The molecular formula is C23H35N5O3. The molecule has 1 aliphatic heterocycles. The number of nitrogens with one attached hydrogen (secondary N) is 1. The Balaban J connectivity index is 1.76. The molecule has 8 heteroatoms. The number of anilines is 1. The van der Waals surface area contributed by atoms with E-state index < -0.39 is 0 Å². The van der Waals surface area contributed by atoms with Crippen molar-refractivity contribution < 1.29 is 9.84 Å². The van der Waals surface area contributed by atoms with Crippen molar-refractivity contribution in [2.45, 2.75) is 69.6 Å². The minimum absolute atomic E-state index is 0.000590. The first-order valence-electron chi connectivity index (χ1n) is 11.5. The second-order valence-electron chi connectivity index (χ2n) is 9.29. The van der Waals surface area contributed by atoms with Crippen molar-refractivity contribution >= 4 is 16.9 Å². The molecule has 1 saturated carbocycles. The van der Waals surface area contributed by atoms with E-state index in [9.17, 15) is 9.90 Å². The number of ether oxygens (including phenoxy) is 1. The van der Waals surface area contributed by atoms with Crippen molar-refractivity contribution in [3.63, 3.8) is 0 Å². The Bertz CT molecular complexity index is 946. The van der Waals surface area contributed by atoms with E-state index in [-0.39, 0.29) is 23.7 Å². The van der Waals surface area contributed by atoms with Gasteiger partial charge in [0.1, 0.15) is 0 Å². The Morgan fingerprint density at radius 1 is 1.23 bits per heavy atom. The molecule has 1 saturated heterocycles. The summed E-state index contributed by atoms with van der Waals surface area (Å²) in [5.41, 5.74) is 1.86. The topological polar surface area (TPSA) is 92.5 Å². The van der Waals surface area contributed by atoms with E-state index >= 15 is 0 Å². The van der Waals surface area contributed by atoms with Crippen LogP contribution in [-0.4, -0.2) is 70.5 Å². The van der Waals surface area contributed by atoms with Gasteiger partial charge >= 0.3 is 0 Å². The van der Waals surface area contributed by atoms with Crippen LogP contribution in [0.3, 0.4) is 0 Å². The van der Waals surface area contributed by atoms with Crippen LogP contribution >= 0.6 is 0 Å². The molecule has 31 heavy (non-hydrogen) atoms. The largest absolute Gasteiger partial charge is 0.393 e. The minimum Gasteiger partial charge on any atom is -0.393 e. The highest BCUT2D eigenvalue weighted by molar-refractivity contribution is 5.81. The molecule has 8 nitrogen and oxygen atoms in total. The number of aromatic nitrogens is 3. The van der Waals surface area contributed by atoms with Crippen LogP contribution in [0.2, 0.25) is 0 Å². The van der Waals surface area contributed by atoms with Gasteiger partial charge in [-0.25, -0.2) is 9.97 Å². The maximum absolute atomic E-state index is 13.4. The van der Waals surface area contributed by atoms with Gasteiger partial charge in [-0.05, 0) is 77.1 Å². The van der Waals surface area contributed by atoms with Crippen molar-refractivity contribution in [1.29, 1.82) is 0 Å². The quantitative estimate of drug-likeness (QED) is 0.729. The lowest BCUT2D eigenvalue weighted by atomic mass is 9.82. The van der Waals surface area contributed by atoms with Gasteiger partial charge in [-0.2, -0.15) is 0 Å². The molecule has 0 spiro atoms. The predicted molar refractivity (Wildman–Crippen MR) is 122 cm³/mol. The third-order valence-corrected chi connectivity index (χ3v) is 6.82. The minimum atomic E-state index is -0.218. The summed E-state index contributed by atoms with van der Waals surface area (Å²) in [7, 11) is 3.80. The third kappa shape index (κ3) is 4.91. The molecule has 3 heterocycles. The Kier molecular flexibility index (Phi) is 6.89. The zero-order valence-electron chi connectivity index (χ0n) is 18.9. The zero-order valence-corrected chi connectivity index (χ0v) is 18.9. The Hall–Kier alpha value is -2.03. The van der Waals surface area contributed by atoms with E-state index in [0.29, 0.717) is 23.9 Å². The van der Waals surface area contributed by atoms with Gasteiger partial charge in [0.05, 0.1) is 23.6 Å². The van der Waals surface area contributed by atoms with Crippen LogP contribution < -0.4 is 10.9 Å². The number of pyridine rings is 1. The van der Waals surface area contributed by atoms with Crippen LogP contribution in [0.15, 0.2) is 17.2 Å². The summed E-state index contributed by atoms with van der Waals surface area (Å²) in [6, 6.07) is 0.274. The molecule has 2 aromatic rings. The van der Waals surface area contributed by atoms with Gasteiger partial charge in [0.25, 0.3) is 5.56 Å². The Labute approximate surface area is 183 Å². The van der Waals surface area contributed by atoms with Gasteiger partial charge in [0.15, 0.2) is 0 Å². The number of aliphatic hydroxyl groups excluding tert-OH is 1. The fourth-order valence-electron chi connectivity index (χ4n) is 4.98. The molecule has 0 amide bonds. The third-order valence-electron chi connectivity index (χ3n) is 6.82. The molecule has 0 radical (unpaired) electrons. The van der Waals surface area contributed by atoms with Gasteiger partial charge in [-0.15, -0.1) is 0 Å². The van der Waals surface area contributed by atoms with E-state index in [1.54, 1.807) is 13.3 Å². The van der Waals surface area contributed by atoms with Crippen molar-refractivity contribution in [2.75, 3.05) is 39.2 Å². The molecule has 2 N–H and O–H groups in total. The van der Waals surface area contributed by atoms with Gasteiger partial charge in [0, 0.05) is 31.6 Å². The van der Waals surface area contributed by atoms with Crippen molar-refractivity contribution in [3.05, 3.63) is 28.3 Å². The first kappa shape index (κ1) is 22.2. The summed E-state index contributed by atoms with van der Waals surface area (Å²) < 4.78 is 7.15. The molecule has 2 aliphatic rings. The average molecular weight is 430 g/mol. The van der Waals surface area contributed by atoms with E-state index in [0.717, 1.165) is 62.7 Å². The second kappa shape index (κ2) is 9.63. The number of methoxy groups -OCH3 is 1. The average Bonchev–Trinajstić information content (AvgIpc) is 2.76. The summed E-state index contributed by atoms with van der Waals surface area (Å²) in [5, 5.41) is 13.9. The number of rotatable bonds is 6. The van der Waals surface area contributed by atoms with Crippen LogP contribution in [0.4, 0.5) is 5.95 Å². The van der Waals surface area contributed by atoms with Crippen LogP contribution in [-0.2, 0) is 4.74 Å². The zero-order chi connectivity index (χ0) is 22.0. The van der Waals surface area contributed by atoms with E-state index in [4.69, 9.17) is 9.72 Å². The molecule has 1 aliphatic carbocycles. The summed E-state index contributed by atoms with van der Waals surface area (Å²) in [5.74, 6) is 0.814. The van der Waals surface area contributed by atoms with Crippen molar-refractivity contribution in [1.82, 2.24) is 19.4 Å².